The van der Waals surface area contributed by atoms with E-state index in [-0.39, 0.29) is 11.5 Å². The van der Waals surface area contributed by atoms with Crippen LogP contribution in [0.1, 0.15) is 26.3 Å². The summed E-state index contributed by atoms with van der Waals surface area (Å²) in [5.41, 5.74) is 3.19. The second-order valence-corrected chi connectivity index (χ2v) is 9.39. The first-order valence-electron chi connectivity index (χ1n) is 11.3. The minimum Gasteiger partial charge on any atom is -0.465 e. The number of rotatable bonds is 3. The van der Waals surface area contributed by atoms with Crippen molar-refractivity contribution in [3.8, 4) is 22.9 Å². The van der Waals surface area contributed by atoms with Crippen molar-refractivity contribution in [2.75, 3.05) is 4.90 Å². The molecule has 1 N–H and O–H groups in total. The highest BCUT2D eigenvalue weighted by Crippen LogP contribution is 2.38. The van der Waals surface area contributed by atoms with Crippen LogP contribution in [0.2, 0.25) is 0 Å². The van der Waals surface area contributed by atoms with E-state index in [0.29, 0.717) is 5.69 Å². The molecule has 178 valence electrons. The summed E-state index contributed by atoms with van der Waals surface area (Å²) in [6.45, 7) is 5.33. The van der Waals surface area contributed by atoms with Crippen LogP contribution in [0, 0.1) is 17.1 Å². The highest BCUT2D eigenvalue weighted by atomic mass is 19.1. The fourth-order valence-corrected chi connectivity index (χ4v) is 4.52. The number of carbonyl (C=O) groups is 1. The Kier molecular flexibility index (Phi) is 5.41. The normalized spacial score (nSPS) is 11.5. The molecule has 5 rings (SSSR count). The molecule has 0 fully saturated rings. The van der Waals surface area contributed by atoms with Crippen LogP contribution in [0.25, 0.3) is 38.6 Å². The molecule has 0 aliphatic carbocycles. The van der Waals surface area contributed by atoms with Crippen molar-refractivity contribution in [3.63, 3.8) is 0 Å². The zero-order valence-electron chi connectivity index (χ0n) is 19.9. The van der Waals surface area contributed by atoms with E-state index in [1.165, 1.54) is 12.1 Å². The molecule has 0 radical (unpaired) electrons. The predicted molar refractivity (Wildman–Crippen MR) is 137 cm³/mol. The third-order valence-electron chi connectivity index (χ3n) is 6.04. The molecule has 3 aromatic carbocycles. The summed E-state index contributed by atoms with van der Waals surface area (Å²) in [5, 5.41) is 20.7. The van der Waals surface area contributed by atoms with Crippen molar-refractivity contribution in [2.24, 2.45) is 0 Å². The number of amides is 1. The van der Waals surface area contributed by atoms with E-state index in [0.717, 1.165) is 37.8 Å². The van der Waals surface area contributed by atoms with E-state index in [1.807, 2.05) is 53.1 Å². The minimum absolute atomic E-state index is 0.0110. The van der Waals surface area contributed by atoms with Crippen molar-refractivity contribution in [2.45, 2.75) is 26.3 Å². The third kappa shape index (κ3) is 3.71. The van der Waals surface area contributed by atoms with Crippen molar-refractivity contribution in [3.05, 3.63) is 84.4 Å². The Morgan fingerprint density at radius 3 is 2.36 bits per heavy atom. The fourth-order valence-electron chi connectivity index (χ4n) is 4.52. The van der Waals surface area contributed by atoms with Crippen LogP contribution in [0.3, 0.4) is 0 Å². The lowest BCUT2D eigenvalue weighted by atomic mass is 10.0. The Balaban J connectivity index is 1.72. The molecule has 0 aliphatic heterocycles. The molecule has 0 saturated heterocycles. The fraction of sp³-hybridized carbons (Fsp3) is 0.143. The molecule has 0 spiro atoms. The number of aromatic nitrogens is 3. The maximum Gasteiger partial charge on any atom is 0.414 e. The number of hydrogen-bond acceptors (Lipinski definition) is 4. The SMILES string of the molecule is CC(C)(C)N(C(=O)O)c1ncc(-c2cccc3c2c2ccccc2n3-c2ccc(C#N)c(F)c2)cn1. The quantitative estimate of drug-likeness (QED) is 0.317. The molecule has 0 aliphatic rings. The van der Waals surface area contributed by atoms with Crippen molar-refractivity contribution >= 4 is 33.8 Å². The smallest absolute Gasteiger partial charge is 0.414 e. The van der Waals surface area contributed by atoms with Gasteiger partial charge in [-0.2, -0.15) is 5.26 Å². The Morgan fingerprint density at radius 2 is 1.72 bits per heavy atom. The lowest BCUT2D eigenvalue weighted by Crippen LogP contribution is -2.46. The molecule has 2 aromatic heterocycles. The van der Waals surface area contributed by atoms with Gasteiger partial charge in [0.2, 0.25) is 5.95 Å². The van der Waals surface area contributed by atoms with Crippen LogP contribution in [-0.4, -0.2) is 31.3 Å². The number of nitrogens with zero attached hydrogens (tertiary/aromatic N) is 5. The standard InChI is InChI=1S/C28H22FN5O2/c1-28(2,3)34(27(35)36)26-31-15-18(16-32-26)20-8-6-10-24-25(20)21-7-4-5-9-23(21)33(24)19-12-11-17(14-30)22(29)13-19/h4-13,15-16H,1-3H3,(H,35,36). The molecule has 0 atom stereocenters. The number of para-hydroxylation sites is 1. The topological polar surface area (TPSA) is 95.0 Å². The molecule has 0 unspecified atom stereocenters. The first-order chi connectivity index (χ1) is 17.2. The summed E-state index contributed by atoms with van der Waals surface area (Å²) in [5.74, 6) is -0.482. The van der Waals surface area contributed by atoms with Crippen LogP contribution < -0.4 is 4.90 Å². The van der Waals surface area contributed by atoms with E-state index in [1.54, 1.807) is 39.2 Å². The van der Waals surface area contributed by atoms with Gasteiger partial charge >= 0.3 is 6.09 Å². The van der Waals surface area contributed by atoms with Gasteiger partial charge in [0.05, 0.1) is 16.6 Å². The molecule has 1 amide bonds. The minimum atomic E-state index is -1.13. The molecule has 36 heavy (non-hydrogen) atoms. The molecule has 2 heterocycles. The van der Waals surface area contributed by atoms with Crippen molar-refractivity contribution < 1.29 is 14.3 Å². The van der Waals surface area contributed by atoms with E-state index in [4.69, 9.17) is 5.26 Å². The summed E-state index contributed by atoms with van der Waals surface area (Å²) >= 11 is 0. The van der Waals surface area contributed by atoms with E-state index in [9.17, 15) is 14.3 Å². The van der Waals surface area contributed by atoms with Gasteiger partial charge in [-0.15, -0.1) is 0 Å². The summed E-state index contributed by atoms with van der Waals surface area (Å²) < 4.78 is 16.5. The molecular weight excluding hydrogens is 457 g/mol. The van der Waals surface area contributed by atoms with Gasteiger partial charge < -0.3 is 9.67 Å². The van der Waals surface area contributed by atoms with Gasteiger partial charge in [-0.25, -0.2) is 24.1 Å². The highest BCUT2D eigenvalue weighted by molar-refractivity contribution is 6.15. The lowest BCUT2D eigenvalue weighted by Gasteiger charge is -2.30. The number of benzene rings is 3. The van der Waals surface area contributed by atoms with Crippen LogP contribution in [-0.2, 0) is 0 Å². The molecular formula is C28H22FN5O2. The Morgan fingerprint density at radius 1 is 1.03 bits per heavy atom. The maximum absolute atomic E-state index is 14.5. The summed E-state index contributed by atoms with van der Waals surface area (Å²) in [6, 6.07) is 20.1. The van der Waals surface area contributed by atoms with Crippen molar-refractivity contribution in [1.82, 2.24) is 14.5 Å². The predicted octanol–water partition coefficient (Wildman–Crippen LogP) is 6.53. The van der Waals surface area contributed by atoms with Crippen molar-refractivity contribution in [1.29, 1.82) is 5.26 Å². The third-order valence-corrected chi connectivity index (χ3v) is 6.04. The second-order valence-electron chi connectivity index (χ2n) is 9.39. The zero-order chi connectivity index (χ0) is 25.6. The number of carboxylic acid groups (broad SMARTS) is 1. The number of anilines is 1. The largest absolute Gasteiger partial charge is 0.465 e. The zero-order valence-corrected chi connectivity index (χ0v) is 19.9. The number of nitriles is 1. The molecule has 8 heteroatoms. The first kappa shape index (κ1) is 23.0. The van der Waals surface area contributed by atoms with Gasteiger partial charge in [-0.3, -0.25) is 0 Å². The Hall–Kier alpha value is -4.77. The number of hydrogen-bond donors (Lipinski definition) is 1. The second kappa shape index (κ2) is 8.47. The van der Waals surface area contributed by atoms with Gasteiger partial charge in [-0.1, -0.05) is 30.3 Å². The van der Waals surface area contributed by atoms with E-state index in [2.05, 4.69) is 9.97 Å². The van der Waals surface area contributed by atoms with Crippen LogP contribution >= 0.6 is 0 Å². The first-order valence-corrected chi connectivity index (χ1v) is 11.3. The van der Waals surface area contributed by atoms with Crippen LogP contribution in [0.5, 0.6) is 0 Å². The van der Waals surface area contributed by atoms with E-state index < -0.39 is 17.4 Å². The molecule has 0 saturated carbocycles. The molecule has 0 bridgehead atoms. The lowest BCUT2D eigenvalue weighted by molar-refractivity contribution is 0.195. The summed E-state index contributed by atoms with van der Waals surface area (Å²) in [7, 11) is 0. The Bertz CT molecular complexity index is 1680. The summed E-state index contributed by atoms with van der Waals surface area (Å²) in [6.07, 6.45) is 2.11. The highest BCUT2D eigenvalue weighted by Gasteiger charge is 2.30. The van der Waals surface area contributed by atoms with Gasteiger partial charge in [0.1, 0.15) is 11.9 Å². The van der Waals surface area contributed by atoms with E-state index >= 15 is 0 Å². The molecule has 7 nitrogen and oxygen atoms in total. The van der Waals surface area contributed by atoms with Gasteiger partial charge in [0.15, 0.2) is 0 Å². The van der Waals surface area contributed by atoms with Gasteiger partial charge in [0, 0.05) is 40.0 Å². The van der Waals surface area contributed by atoms with Gasteiger partial charge in [0.25, 0.3) is 0 Å². The molecule has 5 aromatic rings. The van der Waals surface area contributed by atoms with Crippen LogP contribution in [0.4, 0.5) is 15.1 Å². The number of fused-ring (bicyclic) bond motifs is 3. The average Bonchev–Trinajstić information content (AvgIpc) is 3.18. The summed E-state index contributed by atoms with van der Waals surface area (Å²) in [4.78, 5) is 21.7. The average molecular weight is 480 g/mol. The number of halogens is 1. The Labute approximate surface area is 206 Å². The van der Waals surface area contributed by atoms with Crippen LogP contribution in [0.15, 0.2) is 73.1 Å². The van der Waals surface area contributed by atoms with Gasteiger partial charge in [-0.05, 0) is 56.7 Å². The monoisotopic (exact) mass is 479 g/mol. The maximum atomic E-state index is 14.5.